The maximum Gasteiger partial charge on any atom is 0.215 e. The van der Waals surface area contributed by atoms with Gasteiger partial charge in [0.2, 0.25) is 5.88 Å². The normalized spacial score (nSPS) is 15.0. The molecule has 0 amide bonds. The summed E-state index contributed by atoms with van der Waals surface area (Å²) in [5, 5.41) is 17.0. The van der Waals surface area contributed by atoms with E-state index in [4.69, 9.17) is 42.8 Å². The summed E-state index contributed by atoms with van der Waals surface area (Å²) < 4.78 is 26.7. The lowest BCUT2D eigenvalue weighted by Gasteiger charge is -2.19. The fourth-order valence-corrected chi connectivity index (χ4v) is 5.81. The van der Waals surface area contributed by atoms with Gasteiger partial charge in [0.25, 0.3) is 0 Å². The minimum Gasteiger partial charge on any atom is -0.490 e. The lowest BCUT2D eigenvalue weighted by Crippen LogP contribution is -2.18. The highest BCUT2D eigenvalue weighted by atomic mass is 35.5. The van der Waals surface area contributed by atoms with E-state index in [2.05, 4.69) is 48.6 Å². The number of pyridine rings is 2. The molecule has 4 aromatic rings. The summed E-state index contributed by atoms with van der Waals surface area (Å²) >= 11 is 12.4. The van der Waals surface area contributed by atoms with Gasteiger partial charge in [-0.25, -0.2) is 13.9 Å². The molecule has 1 saturated carbocycles. The number of rotatable bonds is 9. The van der Waals surface area contributed by atoms with E-state index in [1.807, 2.05) is 33.0 Å². The van der Waals surface area contributed by atoms with Crippen LogP contribution in [0.3, 0.4) is 0 Å². The first-order valence-electron chi connectivity index (χ1n) is 16.0. The topological polar surface area (TPSA) is 107 Å². The average molecular weight is 687 g/mol. The highest BCUT2D eigenvalue weighted by Gasteiger charge is 2.29. The van der Waals surface area contributed by atoms with Crippen molar-refractivity contribution in [3.8, 4) is 35.4 Å². The zero-order valence-corrected chi connectivity index (χ0v) is 29.6. The number of aliphatic hydroxyl groups excluding tert-OH is 1. The predicted molar refractivity (Wildman–Crippen MR) is 189 cm³/mol. The van der Waals surface area contributed by atoms with Crippen LogP contribution in [0.4, 0.5) is 4.39 Å². The van der Waals surface area contributed by atoms with Gasteiger partial charge in [-0.2, -0.15) is 5.10 Å². The first-order valence-corrected chi connectivity index (χ1v) is 16.8. The number of benzene rings is 1. The molecule has 1 aromatic carbocycles. The third-order valence-electron chi connectivity index (χ3n) is 7.82. The number of aromatic nitrogens is 3. The van der Waals surface area contributed by atoms with Crippen molar-refractivity contribution in [2.45, 2.75) is 77.7 Å². The average Bonchev–Trinajstić information content (AvgIpc) is 3.74. The molecule has 254 valence electrons. The summed E-state index contributed by atoms with van der Waals surface area (Å²) in [5.74, 6) is 2.05. The quantitative estimate of drug-likeness (QED) is 0.0929. The molecule has 3 aromatic heterocycles. The van der Waals surface area contributed by atoms with Crippen LogP contribution >= 0.6 is 23.2 Å². The van der Waals surface area contributed by atoms with Crippen molar-refractivity contribution in [2.75, 3.05) is 27.3 Å². The van der Waals surface area contributed by atoms with Crippen LogP contribution in [-0.4, -0.2) is 47.0 Å². The molecule has 2 unspecified atom stereocenters. The number of aliphatic hydroxyl groups is 1. The molecule has 47 heavy (non-hydrogen) atoms. The van der Waals surface area contributed by atoms with Gasteiger partial charge in [0.1, 0.15) is 17.3 Å². The van der Waals surface area contributed by atoms with E-state index in [1.54, 1.807) is 23.7 Å². The van der Waals surface area contributed by atoms with Crippen molar-refractivity contribution in [2.24, 2.45) is 5.73 Å². The van der Waals surface area contributed by atoms with E-state index in [-0.39, 0.29) is 28.5 Å². The smallest absolute Gasteiger partial charge is 0.215 e. The van der Waals surface area contributed by atoms with E-state index in [0.717, 1.165) is 53.2 Å². The van der Waals surface area contributed by atoms with E-state index in [9.17, 15) is 4.39 Å². The first-order chi connectivity index (χ1) is 22.7. The second kappa shape index (κ2) is 18.1. The largest absolute Gasteiger partial charge is 0.490 e. The standard InChI is InChI=1S/C20H23Cl2FN2O.C12H14N2O2.C2H3N.C2H6/c1-4-5-12(9-24-3)16-8-14-11(2)10-26-20(14)19(25-16)13-6-7-15(23)18(22)17(13)21;1-16-12-5-8(7-15)4-10-6-11(9-2-3-9)13-14(10)12;1-2-3;1-2/h6-8,11-12,24H,4-5,9-10H2,1-3H3;4-6,9,15H,2-3,7H2,1H3;1H,3H2;1-2H3. The van der Waals surface area contributed by atoms with E-state index >= 15 is 0 Å². The molecule has 0 bridgehead atoms. The zero-order valence-electron chi connectivity index (χ0n) is 28.0. The third kappa shape index (κ3) is 9.08. The summed E-state index contributed by atoms with van der Waals surface area (Å²) in [6.07, 6.45) is 8.94. The number of fused-ring (bicyclic) bond motifs is 2. The molecule has 11 heteroatoms. The Bertz CT molecular complexity index is 1660. The van der Waals surface area contributed by atoms with Gasteiger partial charge < -0.3 is 25.6 Å². The van der Waals surface area contributed by atoms with Crippen LogP contribution in [0.25, 0.3) is 16.8 Å². The van der Waals surface area contributed by atoms with Gasteiger partial charge in [-0.05, 0) is 68.2 Å². The molecule has 8 nitrogen and oxygen atoms in total. The fourth-order valence-electron chi connectivity index (χ4n) is 5.40. The van der Waals surface area contributed by atoms with E-state index < -0.39 is 5.82 Å². The van der Waals surface area contributed by atoms with Crippen molar-refractivity contribution in [1.29, 1.82) is 0 Å². The molecule has 0 spiro atoms. The Morgan fingerprint density at radius 2 is 1.91 bits per heavy atom. The summed E-state index contributed by atoms with van der Waals surface area (Å²) in [6.45, 7) is 9.76. The lowest BCUT2D eigenvalue weighted by atomic mass is 9.93. The van der Waals surface area contributed by atoms with Crippen LogP contribution in [-0.2, 0) is 6.61 Å². The number of hydrogen-bond donors (Lipinski definition) is 3. The number of terminal acetylenes is 1. The molecule has 4 N–H and O–H groups in total. The van der Waals surface area contributed by atoms with Crippen molar-refractivity contribution in [1.82, 2.24) is 19.9 Å². The molecule has 0 saturated heterocycles. The summed E-state index contributed by atoms with van der Waals surface area (Å²) in [5.41, 5.74) is 10.7. The predicted octanol–water partition coefficient (Wildman–Crippen LogP) is 8.07. The SMILES string of the molecule is C#CN.CC.CCCC(CNC)c1cc2c(c(-c3ccc(F)c(Cl)c3Cl)n1)OCC2C.COc1cc(CO)cc2cc(C3CC3)nn12. The van der Waals surface area contributed by atoms with Crippen LogP contribution in [0.1, 0.15) is 93.6 Å². The van der Waals surface area contributed by atoms with Crippen molar-refractivity contribution >= 4 is 28.7 Å². The molecule has 1 aliphatic heterocycles. The minimum atomic E-state index is -0.540. The molecule has 2 aliphatic rings. The Morgan fingerprint density at radius 1 is 1.21 bits per heavy atom. The van der Waals surface area contributed by atoms with Crippen LogP contribution in [0, 0.1) is 18.3 Å². The number of nitrogens with two attached hydrogens (primary N) is 1. The molecular weight excluding hydrogens is 640 g/mol. The molecular formula is C36H46Cl2FN5O3. The molecule has 1 fully saturated rings. The second-order valence-corrected chi connectivity index (χ2v) is 12.0. The van der Waals surface area contributed by atoms with Crippen molar-refractivity contribution < 1.29 is 19.0 Å². The van der Waals surface area contributed by atoms with Crippen LogP contribution < -0.4 is 20.5 Å². The Balaban J connectivity index is 0.000000243. The highest BCUT2D eigenvalue weighted by Crippen LogP contribution is 2.45. The van der Waals surface area contributed by atoms with E-state index in [1.165, 1.54) is 18.9 Å². The van der Waals surface area contributed by atoms with Gasteiger partial charge in [0.05, 0.1) is 41.6 Å². The lowest BCUT2D eigenvalue weighted by molar-refractivity contribution is 0.280. The van der Waals surface area contributed by atoms with Gasteiger partial charge >= 0.3 is 0 Å². The number of halogens is 3. The van der Waals surface area contributed by atoms with Gasteiger partial charge in [-0.1, -0.05) is 63.7 Å². The van der Waals surface area contributed by atoms with Gasteiger partial charge in [-0.3, -0.25) is 0 Å². The summed E-state index contributed by atoms with van der Waals surface area (Å²) in [6, 6.07) is 12.7. The van der Waals surface area contributed by atoms with Crippen LogP contribution in [0.5, 0.6) is 11.6 Å². The minimum absolute atomic E-state index is 0.0246. The maximum absolute atomic E-state index is 13.7. The Kier molecular flexibility index (Phi) is 14.6. The van der Waals surface area contributed by atoms with Crippen molar-refractivity contribution in [3.63, 3.8) is 0 Å². The molecule has 4 heterocycles. The first kappa shape index (κ1) is 37.9. The molecule has 0 radical (unpaired) electrons. The zero-order chi connectivity index (χ0) is 34.7. The Hall–Kier alpha value is -3.55. The number of ether oxygens (including phenoxy) is 2. The highest BCUT2D eigenvalue weighted by molar-refractivity contribution is 6.43. The number of nitrogens with one attached hydrogen (secondary N) is 1. The number of hydrogen-bond acceptors (Lipinski definition) is 7. The number of likely N-dealkylation sites (N-methyl/N-ethyl adjacent to an activating group) is 1. The van der Waals surface area contributed by atoms with Crippen LogP contribution in [0.2, 0.25) is 10.0 Å². The summed E-state index contributed by atoms with van der Waals surface area (Å²) in [7, 11) is 3.56. The monoisotopic (exact) mass is 685 g/mol. The molecule has 1 aliphatic carbocycles. The Labute approximate surface area is 287 Å². The number of nitrogens with zero attached hydrogens (tertiary/aromatic N) is 3. The fraction of sp³-hybridized carbons (Fsp3) is 0.444. The second-order valence-electron chi connectivity index (χ2n) is 11.2. The summed E-state index contributed by atoms with van der Waals surface area (Å²) in [4.78, 5) is 4.89. The third-order valence-corrected chi connectivity index (χ3v) is 8.68. The maximum atomic E-state index is 13.7. The Morgan fingerprint density at radius 3 is 2.51 bits per heavy atom. The van der Waals surface area contributed by atoms with Crippen LogP contribution in [0.15, 0.2) is 36.4 Å². The molecule has 6 rings (SSSR count). The van der Waals surface area contributed by atoms with Gasteiger partial charge in [-0.15, -0.1) is 0 Å². The van der Waals surface area contributed by atoms with Gasteiger partial charge in [0.15, 0.2) is 0 Å². The van der Waals surface area contributed by atoms with E-state index in [0.29, 0.717) is 29.7 Å². The van der Waals surface area contributed by atoms with Gasteiger partial charge in [0, 0.05) is 47.2 Å². The molecule has 2 atom stereocenters. The number of methoxy groups -OCH3 is 1. The van der Waals surface area contributed by atoms with Crippen molar-refractivity contribution in [3.05, 3.63) is 74.8 Å².